The molecule has 0 aliphatic carbocycles. The first-order valence-electron chi connectivity index (χ1n) is 4.44. The van der Waals surface area contributed by atoms with Crippen LogP contribution in [0.1, 0.15) is 10.4 Å². The van der Waals surface area contributed by atoms with Gasteiger partial charge in [0.1, 0.15) is 11.3 Å². The minimum Gasteiger partial charge on any atom is -0.496 e. The lowest BCUT2D eigenvalue weighted by molar-refractivity contribution is 0.0597. The largest absolute Gasteiger partial charge is 0.496 e. The Morgan fingerprint density at radius 2 is 1.94 bits per heavy atom. The number of esters is 1. The van der Waals surface area contributed by atoms with Gasteiger partial charge in [-0.1, -0.05) is 0 Å². The van der Waals surface area contributed by atoms with Crippen molar-refractivity contribution in [2.24, 2.45) is 16.5 Å². The average Bonchev–Trinajstić information content (AvgIpc) is 2.27. The van der Waals surface area contributed by atoms with E-state index < -0.39 is 5.97 Å². The van der Waals surface area contributed by atoms with Crippen molar-refractivity contribution < 1.29 is 14.3 Å². The fraction of sp³-hybridized carbons (Fsp3) is 0.200. The summed E-state index contributed by atoms with van der Waals surface area (Å²) >= 11 is 0. The number of halogens is 1. The van der Waals surface area contributed by atoms with E-state index in [1.165, 1.54) is 20.3 Å². The first kappa shape index (κ1) is 15.0. The van der Waals surface area contributed by atoms with Gasteiger partial charge in [-0.05, 0) is 12.1 Å². The summed E-state index contributed by atoms with van der Waals surface area (Å²) in [5.41, 5.74) is 11.3. The minimum absolute atomic E-state index is 0. The first-order valence-corrected chi connectivity index (χ1v) is 4.44. The van der Waals surface area contributed by atoms with Crippen LogP contribution in [0, 0.1) is 0 Å². The molecule has 0 atom stereocenters. The van der Waals surface area contributed by atoms with Gasteiger partial charge in [-0.2, -0.15) is 0 Å². The van der Waals surface area contributed by atoms with Crippen LogP contribution in [-0.2, 0) is 4.74 Å². The summed E-state index contributed by atoms with van der Waals surface area (Å²) in [6.45, 7) is 0. The molecule has 0 aliphatic rings. The van der Waals surface area contributed by atoms with Gasteiger partial charge in [0.2, 0.25) is 0 Å². The topological polar surface area (TPSA) is 99.9 Å². The predicted octanol–water partition coefficient (Wildman–Crippen LogP) is 0.808. The molecule has 0 spiro atoms. The molecule has 17 heavy (non-hydrogen) atoms. The minimum atomic E-state index is -0.479. The number of ether oxygens (including phenoxy) is 2. The molecule has 6 nitrogen and oxygen atoms in total. The highest BCUT2D eigenvalue weighted by Gasteiger charge is 2.12. The van der Waals surface area contributed by atoms with Gasteiger partial charge < -0.3 is 20.9 Å². The third-order valence-electron chi connectivity index (χ3n) is 1.85. The first-order chi connectivity index (χ1) is 7.58. The van der Waals surface area contributed by atoms with Crippen LogP contribution in [0.25, 0.3) is 0 Å². The SMILES string of the molecule is COC(=O)c1ccc(N=C(N)N)cc1OC.Cl. The molecule has 0 aromatic heterocycles. The van der Waals surface area contributed by atoms with Crippen molar-refractivity contribution in [1.82, 2.24) is 0 Å². The van der Waals surface area contributed by atoms with Gasteiger partial charge in [0.05, 0.1) is 19.9 Å². The zero-order valence-corrected chi connectivity index (χ0v) is 10.3. The fourth-order valence-electron chi connectivity index (χ4n) is 1.18. The number of hydrogen-bond acceptors (Lipinski definition) is 4. The highest BCUT2D eigenvalue weighted by Crippen LogP contribution is 2.25. The Labute approximate surface area is 105 Å². The van der Waals surface area contributed by atoms with Gasteiger partial charge in [-0.25, -0.2) is 9.79 Å². The molecule has 0 unspecified atom stereocenters. The summed E-state index contributed by atoms with van der Waals surface area (Å²) in [4.78, 5) is 15.2. The van der Waals surface area contributed by atoms with E-state index in [2.05, 4.69) is 9.73 Å². The number of aliphatic imine (C=N–C) groups is 1. The van der Waals surface area contributed by atoms with Crippen LogP contribution in [0.4, 0.5) is 5.69 Å². The molecule has 1 aromatic carbocycles. The van der Waals surface area contributed by atoms with Gasteiger partial charge in [0.15, 0.2) is 5.96 Å². The van der Waals surface area contributed by atoms with Crippen LogP contribution in [0.5, 0.6) is 5.75 Å². The highest BCUT2D eigenvalue weighted by atomic mass is 35.5. The lowest BCUT2D eigenvalue weighted by atomic mass is 10.2. The van der Waals surface area contributed by atoms with Crippen molar-refractivity contribution >= 4 is 30.0 Å². The molecular formula is C10H14ClN3O3. The molecule has 7 heteroatoms. The van der Waals surface area contributed by atoms with Gasteiger partial charge in [-0.3, -0.25) is 0 Å². The van der Waals surface area contributed by atoms with Crippen molar-refractivity contribution in [3.63, 3.8) is 0 Å². The summed E-state index contributed by atoms with van der Waals surface area (Å²) in [5, 5.41) is 0. The summed E-state index contributed by atoms with van der Waals surface area (Å²) in [6, 6.07) is 4.67. The number of nitrogens with zero attached hydrogens (tertiary/aromatic N) is 1. The van der Waals surface area contributed by atoms with Crippen LogP contribution < -0.4 is 16.2 Å². The quantitative estimate of drug-likeness (QED) is 0.475. The Balaban J connectivity index is 0.00000256. The second kappa shape index (κ2) is 6.59. The van der Waals surface area contributed by atoms with E-state index in [0.717, 1.165) is 0 Å². The Morgan fingerprint density at radius 1 is 1.29 bits per heavy atom. The average molecular weight is 260 g/mol. The van der Waals surface area contributed by atoms with Crippen molar-refractivity contribution in [1.29, 1.82) is 0 Å². The number of nitrogens with two attached hydrogens (primary N) is 2. The predicted molar refractivity (Wildman–Crippen MR) is 67.1 cm³/mol. The zero-order valence-electron chi connectivity index (χ0n) is 9.47. The summed E-state index contributed by atoms with van der Waals surface area (Å²) < 4.78 is 9.63. The highest BCUT2D eigenvalue weighted by molar-refractivity contribution is 5.93. The molecule has 0 aliphatic heterocycles. The lowest BCUT2D eigenvalue weighted by Gasteiger charge is -2.07. The molecule has 0 saturated heterocycles. The van der Waals surface area contributed by atoms with Crippen LogP contribution in [0.2, 0.25) is 0 Å². The second-order valence-corrected chi connectivity index (χ2v) is 2.91. The van der Waals surface area contributed by atoms with E-state index in [9.17, 15) is 4.79 Å². The molecule has 0 saturated carbocycles. The summed E-state index contributed by atoms with van der Waals surface area (Å²) in [5.74, 6) is -0.185. The van der Waals surface area contributed by atoms with Crippen LogP contribution >= 0.6 is 12.4 Å². The number of guanidine groups is 1. The number of carbonyl (C=O) groups excluding carboxylic acids is 1. The Kier molecular flexibility index (Phi) is 5.84. The van der Waals surface area contributed by atoms with E-state index in [0.29, 0.717) is 17.0 Å². The Bertz CT molecular complexity index is 431. The smallest absolute Gasteiger partial charge is 0.341 e. The van der Waals surface area contributed by atoms with Crippen molar-refractivity contribution in [3.05, 3.63) is 23.8 Å². The zero-order chi connectivity index (χ0) is 12.1. The maximum absolute atomic E-state index is 11.3. The number of methoxy groups -OCH3 is 2. The van der Waals surface area contributed by atoms with E-state index in [1.807, 2.05) is 0 Å². The third-order valence-corrected chi connectivity index (χ3v) is 1.85. The van der Waals surface area contributed by atoms with E-state index in [-0.39, 0.29) is 18.4 Å². The Hall–Kier alpha value is -1.95. The van der Waals surface area contributed by atoms with Gasteiger partial charge in [-0.15, -0.1) is 12.4 Å². The van der Waals surface area contributed by atoms with E-state index in [4.69, 9.17) is 16.2 Å². The monoisotopic (exact) mass is 259 g/mol. The van der Waals surface area contributed by atoms with Crippen molar-refractivity contribution in [2.45, 2.75) is 0 Å². The molecule has 0 bridgehead atoms. The molecule has 0 fully saturated rings. The fourth-order valence-corrected chi connectivity index (χ4v) is 1.18. The van der Waals surface area contributed by atoms with Crippen LogP contribution in [0.3, 0.4) is 0 Å². The van der Waals surface area contributed by atoms with Crippen molar-refractivity contribution in [3.8, 4) is 5.75 Å². The number of benzene rings is 1. The van der Waals surface area contributed by atoms with Crippen LogP contribution in [-0.4, -0.2) is 26.1 Å². The normalized spacial score (nSPS) is 8.82. The second-order valence-electron chi connectivity index (χ2n) is 2.91. The molecule has 1 aromatic rings. The molecule has 4 N–H and O–H groups in total. The summed E-state index contributed by atoms with van der Waals surface area (Å²) in [6.07, 6.45) is 0. The summed E-state index contributed by atoms with van der Waals surface area (Å²) in [7, 11) is 2.74. The molecule has 0 amide bonds. The van der Waals surface area contributed by atoms with Gasteiger partial charge >= 0.3 is 5.97 Å². The van der Waals surface area contributed by atoms with Gasteiger partial charge in [0, 0.05) is 6.07 Å². The third kappa shape index (κ3) is 3.84. The standard InChI is InChI=1S/C10H13N3O3.ClH/c1-15-8-5-6(13-10(11)12)3-4-7(8)9(14)16-2;/h3-5H,1-2H3,(H4,11,12,13);1H. The van der Waals surface area contributed by atoms with E-state index >= 15 is 0 Å². The molecular weight excluding hydrogens is 246 g/mol. The number of carbonyl (C=O) groups is 1. The van der Waals surface area contributed by atoms with Gasteiger partial charge in [0.25, 0.3) is 0 Å². The number of rotatable bonds is 3. The lowest BCUT2D eigenvalue weighted by Crippen LogP contribution is -2.21. The van der Waals surface area contributed by atoms with E-state index in [1.54, 1.807) is 12.1 Å². The molecule has 1 rings (SSSR count). The molecule has 0 radical (unpaired) electrons. The molecule has 0 heterocycles. The maximum atomic E-state index is 11.3. The van der Waals surface area contributed by atoms with Crippen molar-refractivity contribution in [2.75, 3.05) is 14.2 Å². The number of hydrogen-bond donors (Lipinski definition) is 2. The van der Waals surface area contributed by atoms with Crippen LogP contribution in [0.15, 0.2) is 23.2 Å². The maximum Gasteiger partial charge on any atom is 0.341 e. The molecule has 94 valence electrons. The Morgan fingerprint density at radius 3 is 2.41 bits per heavy atom.